The number of fused-ring (bicyclic) bond motifs is 4. The highest BCUT2D eigenvalue weighted by atomic mass is 16.5. The van der Waals surface area contributed by atoms with Crippen LogP contribution in [0.4, 0.5) is 0 Å². The van der Waals surface area contributed by atoms with Crippen molar-refractivity contribution in [2.24, 2.45) is 5.10 Å². The summed E-state index contributed by atoms with van der Waals surface area (Å²) in [6.45, 7) is 6.66. The normalized spacial score (nSPS) is 23.7. The Kier molecular flexibility index (Phi) is 3.97. The van der Waals surface area contributed by atoms with Gasteiger partial charge in [0.2, 0.25) is 5.72 Å². The monoisotopic (exact) mass is 361 g/mol. The van der Waals surface area contributed by atoms with Crippen molar-refractivity contribution in [3.8, 4) is 5.75 Å². The highest BCUT2D eigenvalue weighted by Crippen LogP contribution is 2.49. The Bertz CT molecular complexity index is 853. The van der Waals surface area contributed by atoms with Gasteiger partial charge in [-0.25, -0.2) is 5.01 Å². The summed E-state index contributed by atoms with van der Waals surface area (Å²) in [6, 6.07) is 20.0. The van der Waals surface area contributed by atoms with Crippen LogP contribution >= 0.6 is 0 Å². The molecule has 140 valence electrons. The van der Waals surface area contributed by atoms with Crippen molar-refractivity contribution in [2.75, 3.05) is 13.1 Å². The molecule has 0 amide bonds. The predicted octanol–water partition coefficient (Wildman–Crippen LogP) is 4.43. The fourth-order valence-electron chi connectivity index (χ4n) is 4.75. The number of ether oxygens (including phenoxy) is 1. The Hall–Kier alpha value is -2.33. The molecular weight excluding hydrogens is 334 g/mol. The van der Waals surface area contributed by atoms with Gasteiger partial charge < -0.3 is 9.64 Å². The van der Waals surface area contributed by atoms with E-state index in [1.165, 1.54) is 16.8 Å². The Morgan fingerprint density at radius 2 is 1.70 bits per heavy atom. The molecule has 0 aromatic heterocycles. The van der Waals surface area contributed by atoms with E-state index < -0.39 is 0 Å². The molecule has 2 aromatic carbocycles. The van der Waals surface area contributed by atoms with E-state index in [-0.39, 0.29) is 11.8 Å². The second-order valence-corrected chi connectivity index (χ2v) is 8.19. The minimum absolute atomic E-state index is 0.274. The van der Waals surface area contributed by atoms with Crippen molar-refractivity contribution in [3.63, 3.8) is 0 Å². The summed E-state index contributed by atoms with van der Waals surface area (Å²) in [5.41, 5.74) is 3.34. The molecule has 4 nitrogen and oxygen atoms in total. The molecular formula is C23H27N3O. The molecule has 0 N–H and O–H groups in total. The molecule has 3 aliphatic rings. The first-order valence-electron chi connectivity index (χ1n) is 10.1. The fourth-order valence-corrected chi connectivity index (χ4v) is 4.75. The molecule has 3 aliphatic heterocycles. The van der Waals surface area contributed by atoms with E-state index in [0.29, 0.717) is 6.04 Å². The molecule has 0 unspecified atom stereocenters. The first kappa shape index (κ1) is 16.8. The van der Waals surface area contributed by atoms with E-state index in [1.54, 1.807) is 0 Å². The number of benzene rings is 2. The summed E-state index contributed by atoms with van der Waals surface area (Å²) in [4.78, 5) is 2.54. The van der Waals surface area contributed by atoms with Gasteiger partial charge in [0.15, 0.2) is 0 Å². The lowest BCUT2D eigenvalue weighted by molar-refractivity contribution is -0.152. The van der Waals surface area contributed by atoms with Gasteiger partial charge in [-0.2, -0.15) is 5.10 Å². The second-order valence-electron chi connectivity index (χ2n) is 8.19. The van der Waals surface area contributed by atoms with Gasteiger partial charge in [-0.15, -0.1) is 0 Å². The summed E-state index contributed by atoms with van der Waals surface area (Å²) in [6.07, 6.45) is 2.92. The summed E-state index contributed by atoms with van der Waals surface area (Å²) in [7, 11) is 0. The molecule has 4 heteroatoms. The van der Waals surface area contributed by atoms with E-state index in [9.17, 15) is 0 Å². The van der Waals surface area contributed by atoms with Crippen LogP contribution in [-0.4, -0.2) is 40.5 Å². The van der Waals surface area contributed by atoms with Crippen LogP contribution in [0.3, 0.4) is 0 Å². The van der Waals surface area contributed by atoms with E-state index >= 15 is 0 Å². The molecule has 0 radical (unpaired) electrons. The van der Waals surface area contributed by atoms with Gasteiger partial charge in [-0.1, -0.05) is 48.5 Å². The third kappa shape index (κ3) is 2.74. The van der Waals surface area contributed by atoms with Crippen LogP contribution in [-0.2, 0) is 0 Å². The van der Waals surface area contributed by atoms with Crippen molar-refractivity contribution >= 4 is 5.71 Å². The molecule has 0 bridgehead atoms. The van der Waals surface area contributed by atoms with E-state index in [0.717, 1.165) is 38.1 Å². The van der Waals surface area contributed by atoms with Crippen molar-refractivity contribution in [2.45, 2.75) is 50.9 Å². The zero-order chi connectivity index (χ0) is 18.4. The van der Waals surface area contributed by atoms with Gasteiger partial charge in [0.05, 0.1) is 11.8 Å². The Morgan fingerprint density at radius 1 is 1.00 bits per heavy atom. The lowest BCUT2D eigenvalue weighted by Gasteiger charge is -2.51. The number of likely N-dealkylation sites (tertiary alicyclic amines) is 1. The van der Waals surface area contributed by atoms with Gasteiger partial charge in [-0.3, -0.25) is 0 Å². The Labute approximate surface area is 161 Å². The van der Waals surface area contributed by atoms with E-state index in [1.807, 2.05) is 0 Å². The van der Waals surface area contributed by atoms with Crippen LogP contribution in [0.2, 0.25) is 0 Å². The highest BCUT2D eigenvalue weighted by molar-refractivity contribution is 6.01. The van der Waals surface area contributed by atoms with Crippen LogP contribution in [0.15, 0.2) is 59.7 Å². The van der Waals surface area contributed by atoms with Gasteiger partial charge in [-0.05, 0) is 25.5 Å². The molecule has 3 heterocycles. The van der Waals surface area contributed by atoms with Crippen LogP contribution in [0.5, 0.6) is 5.75 Å². The first-order valence-corrected chi connectivity index (χ1v) is 10.1. The van der Waals surface area contributed by atoms with Crippen molar-refractivity contribution < 1.29 is 4.74 Å². The number of rotatable bonds is 2. The lowest BCUT2D eigenvalue weighted by Crippen LogP contribution is -2.59. The summed E-state index contributed by atoms with van der Waals surface area (Å²) >= 11 is 0. The van der Waals surface area contributed by atoms with E-state index in [2.05, 4.69) is 78.4 Å². The molecule has 27 heavy (non-hydrogen) atoms. The Morgan fingerprint density at radius 3 is 2.44 bits per heavy atom. The average Bonchev–Trinajstić information content (AvgIpc) is 3.16. The van der Waals surface area contributed by atoms with Crippen molar-refractivity contribution in [1.29, 1.82) is 0 Å². The maximum absolute atomic E-state index is 6.68. The van der Waals surface area contributed by atoms with Crippen molar-refractivity contribution in [1.82, 2.24) is 9.91 Å². The van der Waals surface area contributed by atoms with Crippen LogP contribution in [0, 0.1) is 0 Å². The zero-order valence-corrected chi connectivity index (χ0v) is 16.1. The number of nitrogens with zero attached hydrogens (tertiary/aromatic N) is 3. The number of hydrazone groups is 1. The average molecular weight is 361 g/mol. The SMILES string of the molecule is CC(C)N1CCC2(CC1)Oc1ccccc1[C@H]1CC(c3ccccc3)=NN12. The topological polar surface area (TPSA) is 28.1 Å². The third-order valence-corrected chi connectivity index (χ3v) is 6.32. The zero-order valence-electron chi connectivity index (χ0n) is 16.1. The van der Waals surface area contributed by atoms with E-state index in [4.69, 9.17) is 9.84 Å². The minimum Gasteiger partial charge on any atom is -0.466 e. The van der Waals surface area contributed by atoms with Crippen molar-refractivity contribution in [3.05, 3.63) is 65.7 Å². The van der Waals surface area contributed by atoms with Crippen LogP contribution in [0.1, 0.15) is 50.3 Å². The lowest BCUT2D eigenvalue weighted by atomic mass is 9.90. The molecule has 0 aliphatic carbocycles. The molecule has 1 atom stereocenters. The van der Waals surface area contributed by atoms with Crippen LogP contribution in [0.25, 0.3) is 0 Å². The number of piperidine rings is 1. The molecule has 1 fully saturated rings. The molecule has 2 aromatic rings. The summed E-state index contributed by atoms with van der Waals surface area (Å²) < 4.78 is 6.68. The molecule has 1 saturated heterocycles. The summed E-state index contributed by atoms with van der Waals surface area (Å²) in [5, 5.41) is 7.43. The fraction of sp³-hybridized carbons (Fsp3) is 0.435. The Balaban J connectivity index is 1.53. The van der Waals surface area contributed by atoms with Gasteiger partial charge in [0, 0.05) is 44.0 Å². The predicted molar refractivity (Wildman–Crippen MR) is 108 cm³/mol. The third-order valence-electron chi connectivity index (χ3n) is 6.32. The number of para-hydroxylation sites is 1. The number of hydrogen-bond donors (Lipinski definition) is 0. The van der Waals surface area contributed by atoms with Gasteiger partial charge >= 0.3 is 0 Å². The molecule has 5 rings (SSSR count). The van der Waals surface area contributed by atoms with Gasteiger partial charge in [0.1, 0.15) is 5.75 Å². The molecule has 1 spiro atoms. The van der Waals surface area contributed by atoms with Crippen LogP contribution < -0.4 is 4.74 Å². The maximum Gasteiger partial charge on any atom is 0.200 e. The van der Waals surface area contributed by atoms with Gasteiger partial charge in [0.25, 0.3) is 0 Å². The maximum atomic E-state index is 6.68. The summed E-state index contributed by atoms with van der Waals surface area (Å²) in [5.74, 6) is 1.04. The second kappa shape index (κ2) is 6.38. The largest absolute Gasteiger partial charge is 0.466 e. The highest BCUT2D eigenvalue weighted by Gasteiger charge is 2.51. The number of hydrogen-bond acceptors (Lipinski definition) is 4. The smallest absolute Gasteiger partial charge is 0.200 e. The molecule has 0 saturated carbocycles. The minimum atomic E-state index is -0.319. The first-order chi connectivity index (χ1) is 13.2. The quantitative estimate of drug-likeness (QED) is 0.792. The standard InChI is InChI=1S/C23H27N3O/c1-17(2)25-14-12-23(13-15-25)26-21(19-10-6-7-11-22(19)27-23)16-20(24-26)18-8-4-3-5-9-18/h3-11,17,21H,12-16H2,1-2H3/t21-/m1/s1.